The third kappa shape index (κ3) is 1.44. The summed E-state index contributed by atoms with van der Waals surface area (Å²) >= 11 is 1.56. The topological polar surface area (TPSA) is 25.8 Å². The summed E-state index contributed by atoms with van der Waals surface area (Å²) in [5.74, 6) is 2.54. The molecule has 0 fully saturated rings. The smallest absolute Gasteiger partial charge is 0.126 e. The second-order valence-corrected chi connectivity index (χ2v) is 3.28. The van der Waals surface area contributed by atoms with Crippen LogP contribution in [0.25, 0.3) is 10.6 Å². The van der Waals surface area contributed by atoms with Crippen LogP contribution in [0.15, 0.2) is 29.9 Å². The SMILES string of the molecule is C#Cc1ncccc1-c1nccs1. The van der Waals surface area contributed by atoms with Gasteiger partial charge in [-0.1, -0.05) is 0 Å². The van der Waals surface area contributed by atoms with Gasteiger partial charge < -0.3 is 0 Å². The van der Waals surface area contributed by atoms with Gasteiger partial charge in [-0.25, -0.2) is 9.97 Å². The van der Waals surface area contributed by atoms with Gasteiger partial charge in [-0.2, -0.15) is 0 Å². The third-order valence-electron chi connectivity index (χ3n) is 1.61. The molecule has 0 saturated heterocycles. The molecule has 2 heterocycles. The lowest BCUT2D eigenvalue weighted by Crippen LogP contribution is -1.86. The summed E-state index contributed by atoms with van der Waals surface area (Å²) in [6.07, 6.45) is 8.77. The van der Waals surface area contributed by atoms with Gasteiger partial charge >= 0.3 is 0 Å². The summed E-state index contributed by atoms with van der Waals surface area (Å²) in [6, 6.07) is 3.79. The highest BCUT2D eigenvalue weighted by atomic mass is 32.1. The molecule has 2 rings (SSSR count). The number of hydrogen-bond donors (Lipinski definition) is 0. The summed E-state index contributed by atoms with van der Waals surface area (Å²) in [7, 11) is 0. The molecule has 0 aliphatic rings. The lowest BCUT2D eigenvalue weighted by Gasteiger charge is -1.97. The summed E-state index contributed by atoms with van der Waals surface area (Å²) in [5, 5.41) is 2.84. The van der Waals surface area contributed by atoms with Gasteiger partial charge in [-0.05, 0) is 18.1 Å². The minimum absolute atomic E-state index is 0.650. The van der Waals surface area contributed by atoms with E-state index in [2.05, 4.69) is 15.9 Å². The first-order valence-electron chi connectivity index (χ1n) is 3.73. The zero-order valence-electron chi connectivity index (χ0n) is 6.77. The number of nitrogens with zero attached hydrogens (tertiary/aromatic N) is 2. The molecular formula is C10H6N2S. The Morgan fingerprint density at radius 3 is 2.92 bits per heavy atom. The van der Waals surface area contributed by atoms with Crippen LogP contribution in [0.5, 0.6) is 0 Å². The van der Waals surface area contributed by atoms with Gasteiger partial charge in [-0.15, -0.1) is 17.8 Å². The predicted octanol–water partition coefficient (Wildman–Crippen LogP) is 2.19. The number of pyridine rings is 1. The van der Waals surface area contributed by atoms with Crippen molar-refractivity contribution in [2.24, 2.45) is 0 Å². The van der Waals surface area contributed by atoms with E-state index in [0.717, 1.165) is 10.6 Å². The maximum atomic E-state index is 5.32. The minimum atomic E-state index is 0.650. The zero-order chi connectivity index (χ0) is 9.10. The van der Waals surface area contributed by atoms with Gasteiger partial charge in [0.2, 0.25) is 0 Å². The molecule has 62 valence electrons. The van der Waals surface area contributed by atoms with Crippen molar-refractivity contribution >= 4 is 11.3 Å². The molecule has 0 aromatic carbocycles. The molecular weight excluding hydrogens is 180 g/mol. The predicted molar refractivity (Wildman–Crippen MR) is 53.3 cm³/mol. The Kier molecular flexibility index (Phi) is 2.07. The van der Waals surface area contributed by atoms with Crippen LogP contribution in [0, 0.1) is 12.3 Å². The molecule has 2 aromatic heterocycles. The number of rotatable bonds is 1. The first-order valence-corrected chi connectivity index (χ1v) is 4.61. The van der Waals surface area contributed by atoms with Crippen LogP contribution in [-0.4, -0.2) is 9.97 Å². The lowest BCUT2D eigenvalue weighted by atomic mass is 10.2. The summed E-state index contributed by atoms with van der Waals surface area (Å²) in [5.41, 5.74) is 1.58. The van der Waals surface area contributed by atoms with E-state index < -0.39 is 0 Å². The van der Waals surface area contributed by atoms with E-state index in [9.17, 15) is 0 Å². The van der Waals surface area contributed by atoms with Gasteiger partial charge in [0.05, 0.1) is 0 Å². The van der Waals surface area contributed by atoms with Crippen LogP contribution in [0.1, 0.15) is 5.69 Å². The quantitative estimate of drug-likeness (QED) is 0.638. The highest BCUT2D eigenvalue weighted by Crippen LogP contribution is 2.23. The van der Waals surface area contributed by atoms with E-state index in [1.165, 1.54) is 0 Å². The molecule has 0 aliphatic carbocycles. The van der Waals surface area contributed by atoms with Gasteiger partial charge in [0.15, 0.2) is 0 Å². The first-order chi connectivity index (χ1) is 6.42. The summed E-state index contributed by atoms with van der Waals surface area (Å²) in [4.78, 5) is 8.26. The third-order valence-corrected chi connectivity index (χ3v) is 2.41. The number of hydrogen-bond acceptors (Lipinski definition) is 3. The average Bonchev–Trinajstić information content (AvgIpc) is 2.70. The summed E-state index contributed by atoms with van der Waals surface area (Å²) < 4.78 is 0. The fourth-order valence-corrected chi connectivity index (χ4v) is 1.71. The van der Waals surface area contributed by atoms with E-state index in [1.807, 2.05) is 17.5 Å². The van der Waals surface area contributed by atoms with Crippen molar-refractivity contribution in [3.05, 3.63) is 35.6 Å². The van der Waals surface area contributed by atoms with Gasteiger partial charge in [0.25, 0.3) is 0 Å². The largest absolute Gasteiger partial charge is 0.247 e. The normalized spacial score (nSPS) is 9.46. The fourth-order valence-electron chi connectivity index (χ4n) is 1.05. The van der Waals surface area contributed by atoms with Crippen LogP contribution < -0.4 is 0 Å². The van der Waals surface area contributed by atoms with Crippen molar-refractivity contribution in [2.45, 2.75) is 0 Å². The molecule has 2 nitrogen and oxygen atoms in total. The Bertz CT molecular complexity index is 440. The lowest BCUT2D eigenvalue weighted by molar-refractivity contribution is 1.28. The van der Waals surface area contributed by atoms with Crippen molar-refractivity contribution < 1.29 is 0 Å². The zero-order valence-corrected chi connectivity index (χ0v) is 7.58. The van der Waals surface area contributed by atoms with E-state index in [1.54, 1.807) is 23.7 Å². The first kappa shape index (κ1) is 7.96. The Balaban J connectivity index is 2.59. The molecule has 0 amide bonds. The average molecular weight is 186 g/mol. The van der Waals surface area contributed by atoms with Crippen LogP contribution in [-0.2, 0) is 0 Å². The highest BCUT2D eigenvalue weighted by molar-refractivity contribution is 7.13. The maximum absolute atomic E-state index is 5.32. The molecule has 0 unspecified atom stereocenters. The van der Waals surface area contributed by atoms with Crippen molar-refractivity contribution in [3.8, 4) is 22.9 Å². The monoisotopic (exact) mass is 186 g/mol. The maximum Gasteiger partial charge on any atom is 0.126 e. The van der Waals surface area contributed by atoms with Crippen LogP contribution >= 0.6 is 11.3 Å². The van der Waals surface area contributed by atoms with Gasteiger partial charge in [-0.3, -0.25) is 0 Å². The molecule has 2 aromatic rings. The highest BCUT2D eigenvalue weighted by Gasteiger charge is 2.04. The molecule has 0 bridgehead atoms. The molecule has 0 spiro atoms. The summed E-state index contributed by atoms with van der Waals surface area (Å²) in [6.45, 7) is 0. The van der Waals surface area contributed by atoms with Crippen LogP contribution in [0.4, 0.5) is 0 Å². The molecule has 3 heteroatoms. The minimum Gasteiger partial charge on any atom is -0.247 e. The number of aromatic nitrogens is 2. The van der Waals surface area contributed by atoms with E-state index in [0.29, 0.717) is 5.69 Å². The second kappa shape index (κ2) is 3.38. The Hall–Kier alpha value is -1.66. The molecule has 0 N–H and O–H groups in total. The van der Waals surface area contributed by atoms with Crippen LogP contribution in [0.3, 0.4) is 0 Å². The van der Waals surface area contributed by atoms with Crippen molar-refractivity contribution in [1.82, 2.24) is 9.97 Å². The molecule has 0 radical (unpaired) electrons. The second-order valence-electron chi connectivity index (χ2n) is 2.38. The Morgan fingerprint density at radius 2 is 2.23 bits per heavy atom. The Labute approximate surface area is 80.3 Å². The van der Waals surface area contributed by atoms with Crippen LogP contribution in [0.2, 0.25) is 0 Å². The van der Waals surface area contributed by atoms with Crippen molar-refractivity contribution in [1.29, 1.82) is 0 Å². The van der Waals surface area contributed by atoms with E-state index >= 15 is 0 Å². The van der Waals surface area contributed by atoms with Gasteiger partial charge in [0, 0.05) is 23.3 Å². The molecule has 0 saturated carbocycles. The Morgan fingerprint density at radius 1 is 1.31 bits per heavy atom. The molecule has 0 aliphatic heterocycles. The number of terminal acetylenes is 1. The number of thiazole rings is 1. The molecule has 0 atom stereocenters. The van der Waals surface area contributed by atoms with E-state index in [4.69, 9.17) is 6.42 Å². The van der Waals surface area contributed by atoms with Gasteiger partial charge in [0.1, 0.15) is 10.7 Å². The van der Waals surface area contributed by atoms with Crippen molar-refractivity contribution in [3.63, 3.8) is 0 Å². The fraction of sp³-hybridized carbons (Fsp3) is 0. The van der Waals surface area contributed by atoms with E-state index in [-0.39, 0.29) is 0 Å². The van der Waals surface area contributed by atoms with Crippen molar-refractivity contribution in [2.75, 3.05) is 0 Å². The molecule has 13 heavy (non-hydrogen) atoms. The standard InChI is InChI=1S/C10H6N2S/c1-2-9-8(4-3-5-11-9)10-12-6-7-13-10/h1,3-7H.